The predicted octanol–water partition coefficient (Wildman–Crippen LogP) is 0.634. The van der Waals surface area contributed by atoms with Crippen molar-refractivity contribution in [3.63, 3.8) is 0 Å². The summed E-state index contributed by atoms with van der Waals surface area (Å²) in [7, 11) is 0. The third-order valence-electron chi connectivity index (χ3n) is 3.36. The largest absolute Gasteiger partial charge is 0.330 e. The number of hydrogen-bond acceptors (Lipinski definition) is 3. The molecule has 6 nitrogen and oxygen atoms in total. The summed E-state index contributed by atoms with van der Waals surface area (Å²) in [5, 5.41) is 5.28. The zero-order valence-electron chi connectivity index (χ0n) is 13.6. The van der Waals surface area contributed by atoms with Crippen LogP contribution in [0.3, 0.4) is 0 Å². The van der Waals surface area contributed by atoms with E-state index in [0.717, 1.165) is 5.56 Å². The second kappa shape index (κ2) is 7.92. The van der Waals surface area contributed by atoms with Crippen LogP contribution in [0.1, 0.15) is 29.8 Å². The molecule has 0 spiro atoms. The highest BCUT2D eigenvalue weighted by Crippen LogP contribution is 2.10. The molecule has 2 rings (SSSR count). The van der Waals surface area contributed by atoms with E-state index >= 15 is 0 Å². The first-order valence-electron chi connectivity index (χ1n) is 7.48. The predicted molar refractivity (Wildman–Crippen MR) is 91.3 cm³/mol. The summed E-state index contributed by atoms with van der Waals surface area (Å²) in [6.07, 6.45) is -0.764. The fourth-order valence-corrected chi connectivity index (χ4v) is 1.91. The highest BCUT2D eigenvalue weighted by Gasteiger charge is 2.16. The second-order valence-corrected chi connectivity index (χ2v) is 5.26. The number of benzene rings is 2. The van der Waals surface area contributed by atoms with E-state index in [1.165, 1.54) is 6.92 Å². The van der Waals surface area contributed by atoms with E-state index in [-0.39, 0.29) is 11.7 Å². The Bertz CT molecular complexity index is 740. The summed E-state index contributed by atoms with van der Waals surface area (Å²) < 4.78 is 0. The molecule has 6 heteroatoms. The highest BCUT2D eigenvalue weighted by atomic mass is 16.6. The van der Waals surface area contributed by atoms with E-state index in [2.05, 4.69) is 10.5 Å². The molecular weight excluding hydrogens is 306 g/mol. The van der Waals surface area contributed by atoms with E-state index in [4.69, 9.17) is 10.6 Å². The van der Waals surface area contributed by atoms with Crippen molar-refractivity contribution in [2.45, 2.75) is 20.0 Å². The molecule has 0 radical (unpaired) electrons. The Balaban J connectivity index is 1.93. The normalized spacial score (nSPS) is 12.3. The molecule has 0 aliphatic rings. The first-order chi connectivity index (χ1) is 11.5. The van der Waals surface area contributed by atoms with Crippen molar-refractivity contribution >= 4 is 23.2 Å². The number of hydrogen-bond donors (Lipinski definition) is 3. The second-order valence-electron chi connectivity index (χ2n) is 5.26. The molecule has 4 N–H and O–H groups in total. The number of carbonyl (C=O) groups excluding carboxylic acids is 2. The fourth-order valence-electron chi connectivity index (χ4n) is 1.91. The summed E-state index contributed by atoms with van der Waals surface area (Å²) in [6, 6.07) is 15.9. The molecule has 0 fully saturated rings. The minimum Gasteiger partial charge on any atom is -0.330 e. The maximum atomic E-state index is 12.1. The van der Waals surface area contributed by atoms with Gasteiger partial charge in [-0.3, -0.25) is 15.3 Å². The number of nitrogen functional groups attached to an aromatic ring is 1. The molecular formula is C18H20N3O3+. The van der Waals surface area contributed by atoms with Gasteiger partial charge in [0.25, 0.3) is 5.91 Å². The molecule has 124 valence electrons. The zero-order chi connectivity index (χ0) is 17.5. The summed E-state index contributed by atoms with van der Waals surface area (Å²) in [6.45, 7) is 3.09. The molecule has 0 aliphatic heterocycles. The van der Waals surface area contributed by atoms with Crippen LogP contribution in [-0.4, -0.2) is 23.6 Å². The van der Waals surface area contributed by atoms with Crippen molar-refractivity contribution in [1.82, 2.24) is 0 Å². The van der Waals surface area contributed by atoms with Crippen LogP contribution in [0.5, 0.6) is 0 Å². The summed E-state index contributed by atoms with van der Waals surface area (Å²) in [5.74, 6) is -0.0410. The van der Waals surface area contributed by atoms with Gasteiger partial charge in [0, 0.05) is 11.3 Å². The van der Waals surface area contributed by atoms with Gasteiger partial charge in [-0.05, 0) is 50.2 Å². The smallest absolute Gasteiger partial charge is 0.311 e. The first kappa shape index (κ1) is 17.2. The van der Waals surface area contributed by atoms with E-state index in [1.54, 1.807) is 31.2 Å². The van der Waals surface area contributed by atoms with Crippen LogP contribution in [-0.2, 0) is 9.63 Å². The van der Waals surface area contributed by atoms with Crippen LogP contribution in [0.15, 0.2) is 54.6 Å². The molecule has 0 aliphatic carbocycles. The minimum absolute atomic E-state index is 0.0271. The van der Waals surface area contributed by atoms with Crippen molar-refractivity contribution in [1.29, 1.82) is 0 Å². The van der Waals surface area contributed by atoms with E-state index in [9.17, 15) is 9.59 Å². The minimum atomic E-state index is -0.764. The highest BCUT2D eigenvalue weighted by molar-refractivity contribution is 5.96. The molecule has 0 aromatic heterocycles. The number of nitrogens with one attached hydrogen (secondary N) is 2. The van der Waals surface area contributed by atoms with Gasteiger partial charge >= 0.3 is 5.84 Å². The monoisotopic (exact) mass is 326 g/mol. The molecule has 0 heterocycles. The molecule has 0 unspecified atom stereocenters. The molecule has 2 aromatic carbocycles. The average Bonchev–Trinajstić information content (AvgIpc) is 2.60. The first-order valence-corrected chi connectivity index (χ1v) is 7.48. The number of anilines is 1. The fraction of sp³-hybridized carbons (Fsp3) is 0.167. The summed E-state index contributed by atoms with van der Waals surface area (Å²) >= 11 is 0. The molecule has 1 atom stereocenters. The molecule has 1 amide bonds. The molecule has 0 bridgehead atoms. The van der Waals surface area contributed by atoms with Crippen molar-refractivity contribution in [2.75, 3.05) is 5.32 Å². The van der Waals surface area contributed by atoms with Crippen molar-refractivity contribution in [3.05, 3.63) is 65.7 Å². The Morgan fingerprint density at radius 3 is 2.25 bits per heavy atom. The third-order valence-corrected chi connectivity index (χ3v) is 3.36. The number of Topliss-reactive ketones (excluding diaryl/α,β-unsaturated/α-hetero) is 1. The van der Waals surface area contributed by atoms with Gasteiger partial charge in [-0.2, -0.15) is 0 Å². The van der Waals surface area contributed by atoms with E-state index < -0.39 is 6.10 Å². The maximum Gasteiger partial charge on any atom is 0.311 e. The maximum absolute atomic E-state index is 12.1. The van der Waals surface area contributed by atoms with Crippen LogP contribution >= 0.6 is 0 Å². The Kier molecular flexibility index (Phi) is 5.68. The van der Waals surface area contributed by atoms with Gasteiger partial charge in [0.1, 0.15) is 0 Å². The quantitative estimate of drug-likeness (QED) is 0.314. The average molecular weight is 326 g/mol. The van der Waals surface area contributed by atoms with Crippen molar-refractivity contribution in [2.24, 2.45) is 5.73 Å². The number of amides is 1. The lowest BCUT2D eigenvalue weighted by Gasteiger charge is -2.10. The zero-order valence-corrected chi connectivity index (χ0v) is 13.6. The van der Waals surface area contributed by atoms with Crippen LogP contribution in [0.2, 0.25) is 0 Å². The van der Waals surface area contributed by atoms with Crippen molar-refractivity contribution in [3.8, 4) is 0 Å². The topological polar surface area (TPSA) is 95.4 Å². The van der Waals surface area contributed by atoms with Crippen LogP contribution in [0.4, 0.5) is 5.69 Å². The van der Waals surface area contributed by atoms with E-state index in [1.807, 2.05) is 30.3 Å². The molecule has 0 saturated heterocycles. The van der Waals surface area contributed by atoms with Crippen LogP contribution in [0, 0.1) is 0 Å². The third kappa shape index (κ3) is 4.67. The lowest BCUT2D eigenvalue weighted by atomic mass is 10.1. The van der Waals surface area contributed by atoms with Crippen LogP contribution in [0.25, 0.3) is 0 Å². The summed E-state index contributed by atoms with van der Waals surface area (Å²) in [4.78, 5) is 28.6. The van der Waals surface area contributed by atoms with Gasteiger partial charge < -0.3 is 10.2 Å². The van der Waals surface area contributed by atoms with Gasteiger partial charge in [0.05, 0.1) is 5.56 Å². The number of rotatable bonds is 6. The lowest BCUT2D eigenvalue weighted by Crippen LogP contribution is -2.76. The van der Waals surface area contributed by atoms with Gasteiger partial charge in [-0.1, -0.05) is 23.4 Å². The van der Waals surface area contributed by atoms with Crippen molar-refractivity contribution < 1.29 is 19.6 Å². The Morgan fingerprint density at radius 1 is 1.04 bits per heavy atom. The number of ketones is 1. The molecule has 0 saturated carbocycles. The van der Waals surface area contributed by atoms with Gasteiger partial charge in [-0.25, -0.2) is 0 Å². The molecule has 24 heavy (non-hydrogen) atoms. The van der Waals surface area contributed by atoms with Gasteiger partial charge in [0.15, 0.2) is 5.78 Å². The van der Waals surface area contributed by atoms with Gasteiger partial charge in [0.2, 0.25) is 6.10 Å². The number of carbonyl (C=O) groups is 2. The Hall–Kier alpha value is -3.15. The van der Waals surface area contributed by atoms with E-state index in [0.29, 0.717) is 17.1 Å². The number of nitrogens with two attached hydrogens (primary N) is 1. The van der Waals surface area contributed by atoms with Crippen LogP contribution < -0.4 is 16.2 Å². The molecule has 2 aromatic rings. The standard InChI is InChI=1S/C18H19N3O3/c1-12(22)14-8-10-16(11-9-14)20-18(23)13(2)24-21-17(19)15-6-4-3-5-7-15/h3-11,13H,1-2H3,(H2,19,21)(H,20,23)/p+1/t13-/m0/s1. The summed E-state index contributed by atoms with van der Waals surface area (Å²) in [5.41, 5.74) is 7.80. The Morgan fingerprint density at radius 2 is 1.67 bits per heavy atom. The van der Waals surface area contributed by atoms with Gasteiger partial charge in [-0.15, -0.1) is 0 Å². The Labute approximate surface area is 140 Å². The number of amidine groups is 1. The SMILES string of the molecule is CC(=O)c1ccc(NC(=O)[C@H](C)O[NH+]=C(N)c2ccccc2)cc1. The lowest BCUT2D eigenvalue weighted by molar-refractivity contribution is -0.759.